The molecule has 1 aliphatic rings. The van der Waals surface area contributed by atoms with Crippen LogP contribution in [0.4, 0.5) is 0 Å². The van der Waals surface area contributed by atoms with E-state index in [1.807, 2.05) is 6.92 Å². The molecule has 1 aliphatic heterocycles. The van der Waals surface area contributed by atoms with Crippen LogP contribution in [0.2, 0.25) is 0 Å². The summed E-state index contributed by atoms with van der Waals surface area (Å²) in [5.41, 5.74) is 1.21. The summed E-state index contributed by atoms with van der Waals surface area (Å²) in [6.07, 6.45) is 6.75. The fourth-order valence-electron chi connectivity index (χ4n) is 2.45. The molecule has 1 fully saturated rings. The Morgan fingerprint density at radius 3 is 2.68 bits per heavy atom. The molecule has 1 aromatic heterocycles. The molecule has 0 spiro atoms. The van der Waals surface area contributed by atoms with Crippen molar-refractivity contribution >= 4 is 5.91 Å². The van der Waals surface area contributed by atoms with Crippen molar-refractivity contribution in [3.05, 3.63) is 23.8 Å². The summed E-state index contributed by atoms with van der Waals surface area (Å²) >= 11 is 0. The van der Waals surface area contributed by atoms with Gasteiger partial charge in [-0.25, -0.2) is 4.98 Å². The van der Waals surface area contributed by atoms with Crippen LogP contribution < -0.4 is 5.32 Å². The fraction of sp³-hybridized carbons (Fsp3) is 0.643. The van der Waals surface area contributed by atoms with Crippen molar-refractivity contribution in [2.24, 2.45) is 0 Å². The van der Waals surface area contributed by atoms with Crippen molar-refractivity contribution in [1.29, 1.82) is 0 Å². The normalized spacial score (nSPS) is 17.4. The van der Waals surface area contributed by atoms with E-state index in [1.54, 1.807) is 6.20 Å². The van der Waals surface area contributed by atoms with Crippen LogP contribution in [-0.4, -0.2) is 46.5 Å². The molecule has 1 saturated heterocycles. The van der Waals surface area contributed by atoms with Gasteiger partial charge >= 0.3 is 0 Å². The van der Waals surface area contributed by atoms with Crippen molar-refractivity contribution < 1.29 is 4.79 Å². The van der Waals surface area contributed by atoms with Crippen molar-refractivity contribution in [3.63, 3.8) is 0 Å². The zero-order valence-corrected chi connectivity index (χ0v) is 11.7. The van der Waals surface area contributed by atoms with Gasteiger partial charge in [0, 0.05) is 18.8 Å². The predicted octanol–water partition coefficient (Wildman–Crippen LogP) is 1.39. The maximum Gasteiger partial charge on any atom is 0.271 e. The third-order valence-electron chi connectivity index (χ3n) is 3.64. The summed E-state index contributed by atoms with van der Waals surface area (Å²) in [4.78, 5) is 22.6. The van der Waals surface area contributed by atoms with Crippen LogP contribution in [0, 0.1) is 6.92 Å². The first-order valence-electron chi connectivity index (χ1n) is 7.01. The zero-order chi connectivity index (χ0) is 13.7. The number of nitrogens with one attached hydrogen (secondary N) is 1. The smallest absolute Gasteiger partial charge is 0.271 e. The lowest BCUT2D eigenvalue weighted by atomic mass is 10.2. The number of carbonyl (C=O) groups excluding carboxylic acids is 1. The zero-order valence-electron chi connectivity index (χ0n) is 11.7. The van der Waals surface area contributed by atoms with Crippen LogP contribution in [0.15, 0.2) is 12.4 Å². The molecular formula is C14H22N4O. The predicted molar refractivity (Wildman–Crippen MR) is 74.0 cm³/mol. The third-order valence-corrected chi connectivity index (χ3v) is 3.64. The van der Waals surface area contributed by atoms with E-state index in [2.05, 4.69) is 27.1 Å². The second-order valence-corrected chi connectivity index (χ2v) is 5.06. The second kappa shape index (κ2) is 6.61. The molecule has 19 heavy (non-hydrogen) atoms. The van der Waals surface area contributed by atoms with Gasteiger partial charge in [0.15, 0.2) is 0 Å². The molecule has 2 rings (SSSR count). The highest BCUT2D eigenvalue weighted by Crippen LogP contribution is 2.13. The van der Waals surface area contributed by atoms with Gasteiger partial charge in [0.2, 0.25) is 0 Å². The van der Waals surface area contributed by atoms with Gasteiger partial charge in [-0.2, -0.15) is 0 Å². The number of rotatable bonds is 5. The van der Waals surface area contributed by atoms with E-state index in [1.165, 1.54) is 19.0 Å². The monoisotopic (exact) mass is 262 g/mol. The minimum Gasteiger partial charge on any atom is -0.349 e. The molecule has 1 unspecified atom stereocenters. The van der Waals surface area contributed by atoms with Crippen LogP contribution in [-0.2, 0) is 0 Å². The molecule has 0 aliphatic carbocycles. The highest BCUT2D eigenvalue weighted by molar-refractivity contribution is 5.91. The first-order chi connectivity index (χ1) is 9.20. The van der Waals surface area contributed by atoms with E-state index in [0.29, 0.717) is 18.3 Å². The highest BCUT2D eigenvalue weighted by atomic mass is 16.1. The van der Waals surface area contributed by atoms with Gasteiger partial charge in [-0.05, 0) is 39.3 Å². The lowest BCUT2D eigenvalue weighted by Crippen LogP contribution is -2.42. The van der Waals surface area contributed by atoms with Crippen LogP contribution in [0.5, 0.6) is 0 Å². The van der Waals surface area contributed by atoms with E-state index < -0.39 is 0 Å². The Labute approximate surface area is 114 Å². The summed E-state index contributed by atoms with van der Waals surface area (Å²) in [6, 6.07) is 0.435. The lowest BCUT2D eigenvalue weighted by Gasteiger charge is -2.26. The third kappa shape index (κ3) is 3.73. The molecule has 1 N–H and O–H groups in total. The lowest BCUT2D eigenvalue weighted by molar-refractivity contribution is 0.0931. The molecule has 0 saturated carbocycles. The Morgan fingerprint density at radius 1 is 1.37 bits per heavy atom. The SMILES string of the molecule is CCC(CNC(=O)c1cnc(C)cn1)N1CCCC1. The second-order valence-electron chi connectivity index (χ2n) is 5.06. The number of carbonyl (C=O) groups is 1. The number of aryl methyl sites for hydroxylation is 1. The molecule has 104 valence electrons. The Balaban J connectivity index is 1.86. The van der Waals surface area contributed by atoms with E-state index in [0.717, 1.165) is 25.2 Å². The maximum absolute atomic E-state index is 12.0. The molecule has 5 nitrogen and oxygen atoms in total. The fourth-order valence-corrected chi connectivity index (χ4v) is 2.45. The number of hydrogen-bond donors (Lipinski definition) is 1. The van der Waals surface area contributed by atoms with Gasteiger partial charge in [0.1, 0.15) is 5.69 Å². The molecule has 0 aromatic carbocycles. The van der Waals surface area contributed by atoms with Crippen LogP contribution in [0.1, 0.15) is 42.4 Å². The molecule has 0 radical (unpaired) electrons. The Morgan fingerprint density at radius 2 is 2.11 bits per heavy atom. The van der Waals surface area contributed by atoms with E-state index in [4.69, 9.17) is 0 Å². The minimum atomic E-state index is -0.134. The molecule has 0 bridgehead atoms. The molecule has 2 heterocycles. The van der Waals surface area contributed by atoms with Gasteiger partial charge in [0.25, 0.3) is 5.91 Å². The Kier molecular flexibility index (Phi) is 4.85. The standard InChI is InChI=1S/C14H22N4O/c1-3-12(18-6-4-5-7-18)9-17-14(19)13-10-15-11(2)8-16-13/h8,10,12H,3-7,9H2,1-2H3,(H,17,19). The van der Waals surface area contributed by atoms with Gasteiger partial charge in [-0.3, -0.25) is 14.7 Å². The average Bonchev–Trinajstić information content (AvgIpc) is 2.94. The van der Waals surface area contributed by atoms with Gasteiger partial charge < -0.3 is 5.32 Å². The highest BCUT2D eigenvalue weighted by Gasteiger charge is 2.21. The van der Waals surface area contributed by atoms with Crippen molar-refractivity contribution in [1.82, 2.24) is 20.2 Å². The topological polar surface area (TPSA) is 58.1 Å². The molecule has 1 amide bonds. The number of nitrogens with zero attached hydrogens (tertiary/aromatic N) is 3. The first-order valence-corrected chi connectivity index (χ1v) is 7.01. The van der Waals surface area contributed by atoms with E-state index in [-0.39, 0.29) is 5.91 Å². The van der Waals surface area contributed by atoms with Crippen molar-refractivity contribution in [2.75, 3.05) is 19.6 Å². The largest absolute Gasteiger partial charge is 0.349 e. The molecule has 1 aromatic rings. The van der Waals surface area contributed by atoms with Gasteiger partial charge in [0.05, 0.1) is 11.9 Å². The summed E-state index contributed by atoms with van der Waals surface area (Å²) < 4.78 is 0. The molecule has 5 heteroatoms. The Bertz CT molecular complexity index is 412. The van der Waals surface area contributed by atoms with Crippen molar-refractivity contribution in [3.8, 4) is 0 Å². The van der Waals surface area contributed by atoms with E-state index >= 15 is 0 Å². The van der Waals surface area contributed by atoms with Crippen LogP contribution >= 0.6 is 0 Å². The number of aromatic nitrogens is 2. The maximum atomic E-state index is 12.0. The summed E-state index contributed by atoms with van der Waals surface area (Å²) in [6.45, 7) is 7.01. The summed E-state index contributed by atoms with van der Waals surface area (Å²) in [7, 11) is 0. The minimum absolute atomic E-state index is 0.134. The Hall–Kier alpha value is -1.49. The quantitative estimate of drug-likeness (QED) is 0.871. The average molecular weight is 262 g/mol. The number of likely N-dealkylation sites (tertiary alicyclic amines) is 1. The van der Waals surface area contributed by atoms with Crippen molar-refractivity contribution in [2.45, 2.75) is 39.2 Å². The summed E-state index contributed by atoms with van der Waals surface area (Å²) in [5.74, 6) is -0.134. The number of amides is 1. The summed E-state index contributed by atoms with van der Waals surface area (Å²) in [5, 5.41) is 2.96. The van der Waals surface area contributed by atoms with Crippen LogP contribution in [0.25, 0.3) is 0 Å². The number of hydrogen-bond acceptors (Lipinski definition) is 4. The first kappa shape index (κ1) is 13.9. The molecular weight excluding hydrogens is 240 g/mol. The van der Waals surface area contributed by atoms with E-state index in [9.17, 15) is 4.79 Å². The van der Waals surface area contributed by atoms with Gasteiger partial charge in [-0.15, -0.1) is 0 Å². The van der Waals surface area contributed by atoms with Crippen LogP contribution in [0.3, 0.4) is 0 Å². The molecule has 1 atom stereocenters. The van der Waals surface area contributed by atoms with Gasteiger partial charge in [-0.1, -0.05) is 6.92 Å².